The Kier molecular flexibility index (Phi) is 10.3. The van der Waals surface area contributed by atoms with Crippen molar-refractivity contribution in [2.45, 2.75) is 38.0 Å². The van der Waals surface area contributed by atoms with Gasteiger partial charge >= 0.3 is 0 Å². The molecule has 270 valence electrons. The lowest BCUT2D eigenvalue weighted by Crippen LogP contribution is -2.48. The molecule has 52 heavy (non-hydrogen) atoms. The summed E-state index contributed by atoms with van der Waals surface area (Å²) >= 11 is 0. The number of carbonyl (C=O) groups excluding carboxylic acids is 3. The highest BCUT2D eigenvalue weighted by Crippen LogP contribution is 2.47. The third-order valence-electron chi connectivity index (χ3n) is 10.2. The first-order valence-electron chi connectivity index (χ1n) is 17.8. The molecule has 0 radical (unpaired) electrons. The van der Waals surface area contributed by atoms with Crippen LogP contribution < -0.4 is 25.3 Å². The lowest BCUT2D eigenvalue weighted by Gasteiger charge is -2.30. The van der Waals surface area contributed by atoms with Crippen LogP contribution in [0.3, 0.4) is 0 Å². The number of piperazine rings is 2. The first-order chi connectivity index (χ1) is 25.3. The van der Waals surface area contributed by atoms with E-state index in [2.05, 4.69) is 20.9 Å². The molecule has 3 aliphatic rings. The van der Waals surface area contributed by atoms with Gasteiger partial charge in [-0.1, -0.05) is 66.8 Å². The quantitative estimate of drug-likeness (QED) is 0.163. The molecular formula is C39H44N8O5. The average molecular weight is 705 g/mol. The molecule has 3 aromatic carbocycles. The topological polar surface area (TPSA) is 156 Å². The molecule has 4 heterocycles. The first kappa shape index (κ1) is 35.2. The molecular weight excluding hydrogens is 660 g/mol. The van der Waals surface area contributed by atoms with E-state index >= 15 is 0 Å². The van der Waals surface area contributed by atoms with Gasteiger partial charge in [0.15, 0.2) is 5.60 Å². The van der Waals surface area contributed by atoms with Crippen LogP contribution in [0.1, 0.15) is 41.6 Å². The van der Waals surface area contributed by atoms with Gasteiger partial charge in [0.25, 0.3) is 5.91 Å². The summed E-state index contributed by atoms with van der Waals surface area (Å²) in [6.07, 6.45) is 6.18. The zero-order chi connectivity index (χ0) is 36.2. The third-order valence-corrected chi connectivity index (χ3v) is 10.2. The van der Waals surface area contributed by atoms with Crippen molar-refractivity contribution in [3.63, 3.8) is 0 Å². The van der Waals surface area contributed by atoms with E-state index in [0.717, 1.165) is 16.8 Å². The van der Waals surface area contributed by atoms with Gasteiger partial charge < -0.3 is 35.5 Å². The van der Waals surface area contributed by atoms with Crippen molar-refractivity contribution in [2.24, 2.45) is 5.92 Å². The Morgan fingerprint density at radius 3 is 2.31 bits per heavy atom. The van der Waals surface area contributed by atoms with Gasteiger partial charge in [-0.25, -0.2) is 0 Å². The number of nitrogens with zero attached hydrogens (tertiary/aromatic N) is 6. The lowest BCUT2D eigenvalue weighted by molar-refractivity contribution is -0.139. The van der Waals surface area contributed by atoms with Crippen LogP contribution in [0.2, 0.25) is 0 Å². The molecule has 0 bridgehead atoms. The number of aliphatic hydroxyl groups is 2. The maximum atomic E-state index is 14.4. The van der Waals surface area contributed by atoms with Gasteiger partial charge in [-0.2, -0.15) is 0 Å². The maximum absolute atomic E-state index is 14.4. The molecule has 4 aromatic rings. The summed E-state index contributed by atoms with van der Waals surface area (Å²) in [4.78, 5) is 44.9. The fraction of sp³-hybridized carbons (Fsp3) is 0.359. The van der Waals surface area contributed by atoms with Gasteiger partial charge in [-0.05, 0) is 47.9 Å². The Hall–Kier alpha value is -5.21. The minimum Gasteiger partial charge on any atom is -0.395 e. The highest BCUT2D eigenvalue weighted by atomic mass is 16.3. The summed E-state index contributed by atoms with van der Waals surface area (Å²) in [5.74, 6) is -1.44. The molecule has 1 unspecified atom stereocenters. The van der Waals surface area contributed by atoms with Crippen molar-refractivity contribution in [3.05, 3.63) is 114 Å². The number of aromatic nitrogens is 3. The Labute approximate surface area is 302 Å². The van der Waals surface area contributed by atoms with E-state index in [0.29, 0.717) is 61.8 Å². The largest absolute Gasteiger partial charge is 0.395 e. The molecule has 0 saturated carbocycles. The molecule has 4 N–H and O–H groups in total. The number of nitrogens with one attached hydrogen (secondary N) is 2. The fourth-order valence-electron chi connectivity index (χ4n) is 7.31. The van der Waals surface area contributed by atoms with Crippen LogP contribution in [0.25, 0.3) is 0 Å². The van der Waals surface area contributed by atoms with Gasteiger partial charge in [0.1, 0.15) is 0 Å². The number of rotatable bonds is 12. The zero-order valence-electron chi connectivity index (χ0n) is 29.2. The monoisotopic (exact) mass is 704 g/mol. The van der Waals surface area contributed by atoms with E-state index in [9.17, 15) is 24.6 Å². The van der Waals surface area contributed by atoms with Crippen LogP contribution in [0.4, 0.5) is 17.1 Å². The molecule has 1 aromatic heterocycles. The number of anilines is 3. The molecule has 7 rings (SSSR count). The molecule has 3 atom stereocenters. The molecule has 2 saturated heterocycles. The minimum absolute atomic E-state index is 0.0123. The van der Waals surface area contributed by atoms with E-state index in [-0.39, 0.29) is 44.0 Å². The zero-order valence-corrected chi connectivity index (χ0v) is 29.2. The van der Waals surface area contributed by atoms with Crippen molar-refractivity contribution < 1.29 is 24.6 Å². The number of aliphatic hydroxyl groups excluding tert-OH is 1. The normalized spacial score (nSPS) is 20.5. The van der Waals surface area contributed by atoms with Crippen LogP contribution >= 0.6 is 0 Å². The van der Waals surface area contributed by atoms with E-state index in [1.807, 2.05) is 92.0 Å². The van der Waals surface area contributed by atoms with Crippen LogP contribution in [0, 0.1) is 5.92 Å². The SMILES string of the molecule is C[C@@H](/C=C/CCn1cc(C(CO)c2ccccc2)nn1)[C@]1(O)C(=O)N(Cc2cccc(N3CCNCC3=O)c2)c2ccc(N3CCNCC3=O)cc21. The summed E-state index contributed by atoms with van der Waals surface area (Å²) in [5.41, 5.74) is 2.99. The Morgan fingerprint density at radius 1 is 0.904 bits per heavy atom. The fourth-order valence-corrected chi connectivity index (χ4v) is 7.31. The van der Waals surface area contributed by atoms with E-state index in [1.54, 1.807) is 25.4 Å². The van der Waals surface area contributed by atoms with E-state index < -0.39 is 17.4 Å². The average Bonchev–Trinajstić information content (AvgIpc) is 3.72. The van der Waals surface area contributed by atoms with E-state index in [1.165, 1.54) is 0 Å². The maximum Gasteiger partial charge on any atom is 0.264 e. The van der Waals surface area contributed by atoms with Crippen molar-refractivity contribution in [2.75, 3.05) is 60.6 Å². The number of aryl methyl sites for hydroxylation is 1. The third kappa shape index (κ3) is 6.87. The highest BCUT2D eigenvalue weighted by molar-refractivity contribution is 6.08. The second kappa shape index (κ2) is 15.2. The molecule has 0 spiro atoms. The number of fused-ring (bicyclic) bond motifs is 1. The molecule has 2 fully saturated rings. The van der Waals surface area contributed by atoms with Crippen LogP contribution in [0.15, 0.2) is 91.1 Å². The van der Waals surface area contributed by atoms with Crippen LogP contribution in [0.5, 0.6) is 0 Å². The molecule has 13 nitrogen and oxygen atoms in total. The van der Waals surface area contributed by atoms with Crippen LogP contribution in [-0.4, -0.2) is 88.8 Å². The van der Waals surface area contributed by atoms with Gasteiger partial charge in [-0.3, -0.25) is 19.1 Å². The standard InChI is InChI=1S/C39H44N8O5/c1-27(8-5-6-17-44-25-34(42-43-44)32(26-48)29-10-3-2-4-11-29)39(52)33-21-31(46-19-16-41-23-37(46)50)13-14-35(33)47(38(39)51)24-28-9-7-12-30(20-28)45-18-15-40-22-36(45)49/h2-5,7-14,20-21,25,27,32,40-41,48,52H,6,15-19,22-24,26H2,1H3/b8-5+/t27-,32?,39+/m0/s1. The predicted octanol–water partition coefficient (Wildman–Crippen LogP) is 2.29. The second-order valence-electron chi connectivity index (χ2n) is 13.5. The highest BCUT2D eigenvalue weighted by Gasteiger charge is 2.52. The second-order valence-corrected chi connectivity index (χ2v) is 13.5. The summed E-state index contributed by atoms with van der Waals surface area (Å²) in [6.45, 7) is 5.31. The van der Waals surface area contributed by atoms with Gasteiger partial charge in [0, 0.05) is 61.8 Å². The molecule has 0 aliphatic carbocycles. The Morgan fingerprint density at radius 2 is 1.62 bits per heavy atom. The van der Waals surface area contributed by atoms with Gasteiger partial charge in [-0.15, -0.1) is 5.10 Å². The van der Waals surface area contributed by atoms with Crippen molar-refractivity contribution in [3.8, 4) is 0 Å². The molecule has 13 heteroatoms. The Balaban J connectivity index is 1.12. The molecule has 3 aliphatic heterocycles. The number of hydrogen-bond acceptors (Lipinski definition) is 9. The first-order valence-corrected chi connectivity index (χ1v) is 17.8. The van der Waals surface area contributed by atoms with Crippen molar-refractivity contribution in [1.29, 1.82) is 0 Å². The van der Waals surface area contributed by atoms with Crippen molar-refractivity contribution in [1.82, 2.24) is 25.6 Å². The number of amides is 3. The summed E-state index contributed by atoms with van der Waals surface area (Å²) < 4.78 is 1.72. The minimum atomic E-state index is -1.89. The number of allylic oxidation sites excluding steroid dienone is 1. The van der Waals surface area contributed by atoms with Gasteiger partial charge in [0.2, 0.25) is 11.8 Å². The Bertz CT molecular complexity index is 1960. The summed E-state index contributed by atoms with van der Waals surface area (Å²) in [6, 6.07) is 22.7. The smallest absolute Gasteiger partial charge is 0.264 e. The van der Waals surface area contributed by atoms with Gasteiger partial charge in [0.05, 0.1) is 43.5 Å². The number of benzene rings is 3. The van der Waals surface area contributed by atoms with E-state index in [4.69, 9.17) is 0 Å². The lowest BCUT2D eigenvalue weighted by atomic mass is 9.82. The summed E-state index contributed by atoms with van der Waals surface area (Å²) in [7, 11) is 0. The summed E-state index contributed by atoms with van der Waals surface area (Å²) in [5, 5.41) is 37.2. The van der Waals surface area contributed by atoms with Crippen LogP contribution in [-0.2, 0) is 33.1 Å². The number of hydrogen-bond donors (Lipinski definition) is 4. The van der Waals surface area contributed by atoms with Crippen molar-refractivity contribution >= 4 is 34.8 Å². The predicted molar refractivity (Wildman–Crippen MR) is 197 cm³/mol. The molecule has 3 amide bonds. The number of carbonyl (C=O) groups is 3.